The number of amides is 1. The van der Waals surface area contributed by atoms with Gasteiger partial charge >= 0.3 is 6.09 Å². The Morgan fingerprint density at radius 1 is 1.38 bits per heavy atom. The lowest BCUT2D eigenvalue weighted by Gasteiger charge is -2.35. The first-order valence-corrected chi connectivity index (χ1v) is 7.64. The molecule has 0 aliphatic carbocycles. The molecule has 4 nitrogen and oxygen atoms in total. The second-order valence-electron chi connectivity index (χ2n) is 6.77. The van der Waals surface area contributed by atoms with Crippen molar-refractivity contribution in [1.29, 1.82) is 0 Å². The van der Waals surface area contributed by atoms with Gasteiger partial charge in [0.2, 0.25) is 0 Å². The highest BCUT2D eigenvalue weighted by molar-refractivity contribution is 5.68. The van der Waals surface area contributed by atoms with Crippen LogP contribution in [-0.2, 0) is 4.74 Å². The maximum atomic E-state index is 11.9. The SMILES string of the molecule is Cc1cccc(N2CCCC(NC(=O)OC(C)(C)C)C2)c1. The van der Waals surface area contributed by atoms with E-state index in [2.05, 4.69) is 41.4 Å². The molecule has 0 spiro atoms. The van der Waals surface area contributed by atoms with Gasteiger partial charge in [0.05, 0.1) is 0 Å². The minimum atomic E-state index is -0.449. The van der Waals surface area contributed by atoms with Crippen LogP contribution in [0.3, 0.4) is 0 Å². The first kappa shape index (κ1) is 15.7. The molecule has 2 rings (SSSR count). The van der Waals surface area contributed by atoms with E-state index in [4.69, 9.17) is 4.74 Å². The molecule has 1 unspecified atom stereocenters. The molecule has 0 radical (unpaired) electrons. The van der Waals surface area contributed by atoms with E-state index in [9.17, 15) is 4.79 Å². The molecule has 1 amide bonds. The lowest BCUT2D eigenvalue weighted by molar-refractivity contribution is 0.0500. The summed E-state index contributed by atoms with van der Waals surface area (Å²) in [7, 11) is 0. The Hall–Kier alpha value is -1.71. The van der Waals surface area contributed by atoms with E-state index in [1.807, 2.05) is 20.8 Å². The molecule has 1 aliphatic rings. The number of anilines is 1. The Labute approximate surface area is 127 Å². The van der Waals surface area contributed by atoms with Crippen molar-refractivity contribution in [3.8, 4) is 0 Å². The van der Waals surface area contributed by atoms with E-state index >= 15 is 0 Å². The molecule has 21 heavy (non-hydrogen) atoms. The largest absolute Gasteiger partial charge is 0.444 e. The Balaban J connectivity index is 1.93. The number of hydrogen-bond acceptors (Lipinski definition) is 3. The fourth-order valence-electron chi connectivity index (χ4n) is 2.63. The highest BCUT2D eigenvalue weighted by atomic mass is 16.6. The van der Waals surface area contributed by atoms with Crippen molar-refractivity contribution < 1.29 is 9.53 Å². The minimum absolute atomic E-state index is 0.147. The van der Waals surface area contributed by atoms with Gasteiger partial charge in [-0.1, -0.05) is 12.1 Å². The maximum absolute atomic E-state index is 11.9. The summed E-state index contributed by atoms with van der Waals surface area (Å²) in [6, 6.07) is 8.65. The number of benzene rings is 1. The highest BCUT2D eigenvalue weighted by Gasteiger charge is 2.24. The summed E-state index contributed by atoms with van der Waals surface area (Å²) in [5.41, 5.74) is 2.04. The summed E-state index contributed by atoms with van der Waals surface area (Å²) >= 11 is 0. The third kappa shape index (κ3) is 4.96. The van der Waals surface area contributed by atoms with E-state index < -0.39 is 5.60 Å². The van der Waals surface area contributed by atoms with Crippen LogP contribution in [0.15, 0.2) is 24.3 Å². The standard InChI is InChI=1S/C17H26N2O2/c1-13-7-5-9-15(11-13)19-10-6-8-14(12-19)18-16(20)21-17(2,3)4/h5,7,9,11,14H,6,8,10,12H2,1-4H3,(H,18,20). The number of rotatable bonds is 2. The van der Waals surface area contributed by atoms with Crippen LogP contribution in [0.25, 0.3) is 0 Å². The Bertz CT molecular complexity index is 494. The van der Waals surface area contributed by atoms with Gasteiger partial charge in [-0.25, -0.2) is 4.79 Å². The smallest absolute Gasteiger partial charge is 0.407 e. The summed E-state index contributed by atoms with van der Waals surface area (Å²) < 4.78 is 5.33. The highest BCUT2D eigenvalue weighted by Crippen LogP contribution is 2.21. The van der Waals surface area contributed by atoms with Gasteiger partial charge in [0.1, 0.15) is 5.60 Å². The number of nitrogens with zero attached hydrogens (tertiary/aromatic N) is 1. The molecule has 0 bridgehead atoms. The predicted molar refractivity (Wildman–Crippen MR) is 85.8 cm³/mol. The van der Waals surface area contributed by atoms with Crippen LogP contribution in [0.2, 0.25) is 0 Å². The monoisotopic (exact) mass is 290 g/mol. The fourth-order valence-corrected chi connectivity index (χ4v) is 2.63. The van der Waals surface area contributed by atoms with Gasteiger partial charge in [0.25, 0.3) is 0 Å². The van der Waals surface area contributed by atoms with Crippen LogP contribution in [0.1, 0.15) is 39.2 Å². The van der Waals surface area contributed by atoms with Crippen molar-refractivity contribution >= 4 is 11.8 Å². The van der Waals surface area contributed by atoms with E-state index in [1.165, 1.54) is 11.3 Å². The molecule has 1 aromatic carbocycles. The third-order valence-corrected chi connectivity index (χ3v) is 3.51. The first-order chi connectivity index (χ1) is 9.83. The quantitative estimate of drug-likeness (QED) is 0.906. The summed E-state index contributed by atoms with van der Waals surface area (Å²) in [5.74, 6) is 0. The summed E-state index contributed by atoms with van der Waals surface area (Å²) in [6.07, 6.45) is 1.76. The van der Waals surface area contributed by atoms with Crippen molar-refractivity contribution in [3.05, 3.63) is 29.8 Å². The van der Waals surface area contributed by atoms with Crippen LogP contribution in [-0.4, -0.2) is 30.8 Å². The predicted octanol–water partition coefficient (Wildman–Crippen LogP) is 3.49. The van der Waals surface area contributed by atoms with Crippen molar-refractivity contribution in [3.63, 3.8) is 0 Å². The molecule has 4 heteroatoms. The molecular weight excluding hydrogens is 264 g/mol. The number of carbonyl (C=O) groups excluding carboxylic acids is 1. The third-order valence-electron chi connectivity index (χ3n) is 3.51. The topological polar surface area (TPSA) is 41.6 Å². The van der Waals surface area contributed by atoms with Gasteiger partial charge in [-0.3, -0.25) is 0 Å². The van der Waals surface area contributed by atoms with Gasteiger partial charge in [0, 0.05) is 24.8 Å². The van der Waals surface area contributed by atoms with Crippen LogP contribution in [0.4, 0.5) is 10.5 Å². The minimum Gasteiger partial charge on any atom is -0.444 e. The lowest BCUT2D eigenvalue weighted by atomic mass is 10.0. The van der Waals surface area contributed by atoms with Gasteiger partial charge in [-0.2, -0.15) is 0 Å². The second-order valence-corrected chi connectivity index (χ2v) is 6.77. The zero-order chi connectivity index (χ0) is 15.5. The number of alkyl carbamates (subject to hydrolysis) is 1. The molecule has 1 N–H and O–H groups in total. The molecule has 1 aromatic rings. The average molecular weight is 290 g/mol. The number of nitrogens with one attached hydrogen (secondary N) is 1. The molecule has 1 aliphatic heterocycles. The van der Waals surface area contributed by atoms with E-state index in [-0.39, 0.29) is 12.1 Å². The van der Waals surface area contributed by atoms with Crippen LogP contribution in [0, 0.1) is 6.92 Å². The average Bonchev–Trinajstić information content (AvgIpc) is 2.36. The number of hydrogen-bond donors (Lipinski definition) is 1. The number of carbonyl (C=O) groups is 1. The Morgan fingerprint density at radius 2 is 2.14 bits per heavy atom. The van der Waals surface area contributed by atoms with E-state index in [0.717, 1.165) is 25.9 Å². The molecule has 1 saturated heterocycles. The van der Waals surface area contributed by atoms with E-state index in [0.29, 0.717) is 0 Å². The first-order valence-electron chi connectivity index (χ1n) is 7.64. The van der Waals surface area contributed by atoms with Crippen LogP contribution >= 0.6 is 0 Å². The molecule has 0 aromatic heterocycles. The second kappa shape index (κ2) is 6.37. The van der Waals surface area contributed by atoms with Gasteiger partial charge < -0.3 is 15.0 Å². The van der Waals surface area contributed by atoms with Gasteiger partial charge in [-0.15, -0.1) is 0 Å². The van der Waals surface area contributed by atoms with Crippen LogP contribution in [0.5, 0.6) is 0 Å². The molecule has 1 atom stereocenters. The van der Waals surface area contributed by atoms with Gasteiger partial charge in [-0.05, 0) is 58.2 Å². The number of aryl methyl sites for hydroxylation is 1. The molecular formula is C17H26N2O2. The normalized spacial score (nSPS) is 19.2. The van der Waals surface area contributed by atoms with Crippen molar-refractivity contribution in [1.82, 2.24) is 5.32 Å². The number of ether oxygens (including phenoxy) is 1. The van der Waals surface area contributed by atoms with E-state index in [1.54, 1.807) is 0 Å². The molecule has 1 heterocycles. The molecule has 116 valence electrons. The number of piperidine rings is 1. The summed E-state index contributed by atoms with van der Waals surface area (Å²) in [4.78, 5) is 14.2. The van der Waals surface area contributed by atoms with Crippen molar-refractivity contribution in [2.45, 2.75) is 52.2 Å². The summed E-state index contributed by atoms with van der Waals surface area (Å²) in [5, 5.41) is 2.99. The lowest BCUT2D eigenvalue weighted by Crippen LogP contribution is -2.49. The molecule has 1 fully saturated rings. The Morgan fingerprint density at radius 3 is 2.81 bits per heavy atom. The van der Waals surface area contributed by atoms with Crippen molar-refractivity contribution in [2.24, 2.45) is 0 Å². The summed E-state index contributed by atoms with van der Waals surface area (Å²) in [6.45, 7) is 9.62. The maximum Gasteiger partial charge on any atom is 0.407 e. The van der Waals surface area contributed by atoms with Crippen LogP contribution < -0.4 is 10.2 Å². The molecule has 0 saturated carbocycles. The zero-order valence-electron chi connectivity index (χ0n) is 13.5. The zero-order valence-corrected chi connectivity index (χ0v) is 13.5. The van der Waals surface area contributed by atoms with Gasteiger partial charge in [0.15, 0.2) is 0 Å². The fraction of sp³-hybridized carbons (Fsp3) is 0.588. The Kier molecular flexibility index (Phi) is 4.76. The van der Waals surface area contributed by atoms with Crippen molar-refractivity contribution in [2.75, 3.05) is 18.0 Å².